The molecule has 0 spiro atoms. The van der Waals surface area contributed by atoms with Crippen molar-refractivity contribution in [3.8, 4) is 0 Å². The van der Waals surface area contributed by atoms with E-state index in [0.29, 0.717) is 11.5 Å². The number of carbonyl (C=O) groups is 1. The fraction of sp³-hybridized carbons (Fsp3) is 0.375. The Hall–Kier alpha value is -0.560. The van der Waals surface area contributed by atoms with E-state index in [2.05, 4.69) is 0 Å². The average molecular weight is 159 g/mol. The summed E-state index contributed by atoms with van der Waals surface area (Å²) in [5.41, 5.74) is 0.650. The third-order valence-corrected chi connectivity index (χ3v) is 1.15. The molecule has 0 heterocycles. The summed E-state index contributed by atoms with van der Waals surface area (Å²) in [6.45, 7) is 2.01. The summed E-state index contributed by atoms with van der Waals surface area (Å²) in [5.74, 6) is 0.391. The second-order valence-corrected chi connectivity index (χ2v) is 2.10. The molecule has 0 aliphatic heterocycles. The smallest absolute Gasteiger partial charge is 0.149 e. The Kier molecular flexibility index (Phi) is 6.19. The van der Waals surface area contributed by atoms with Crippen molar-refractivity contribution < 1.29 is 4.79 Å². The van der Waals surface area contributed by atoms with Gasteiger partial charge in [0.1, 0.15) is 6.29 Å². The zero-order valence-corrected chi connectivity index (χ0v) is 6.77. The van der Waals surface area contributed by atoms with Crippen LogP contribution in [-0.4, -0.2) is 12.2 Å². The Bertz CT molecular complexity index is 147. The van der Waals surface area contributed by atoms with E-state index < -0.39 is 0 Å². The average Bonchev–Trinajstić information content (AvgIpc) is 1.98. The van der Waals surface area contributed by atoms with E-state index in [-0.39, 0.29) is 0 Å². The summed E-state index contributed by atoms with van der Waals surface area (Å²) in [5, 5.41) is 0. The predicted octanol–water partition coefficient (Wildman–Crippen LogP) is 2.32. The molecule has 0 amide bonds. The van der Waals surface area contributed by atoms with Gasteiger partial charge < -0.3 is 0 Å². The Morgan fingerprint density at radius 2 is 2.30 bits per heavy atom. The monoisotopic (exact) mass is 158 g/mol. The lowest BCUT2D eigenvalue weighted by atomic mass is 10.2. The maximum Gasteiger partial charge on any atom is 0.149 e. The van der Waals surface area contributed by atoms with Gasteiger partial charge in [0.25, 0.3) is 0 Å². The molecule has 0 saturated carbocycles. The van der Waals surface area contributed by atoms with Crippen LogP contribution in [0.3, 0.4) is 0 Å². The van der Waals surface area contributed by atoms with Gasteiger partial charge in [0, 0.05) is 11.5 Å². The van der Waals surface area contributed by atoms with Gasteiger partial charge in [0.05, 0.1) is 0 Å². The highest BCUT2D eigenvalue weighted by molar-refractivity contribution is 6.19. The third-order valence-electron chi connectivity index (χ3n) is 0.995. The van der Waals surface area contributed by atoms with Crippen molar-refractivity contribution in [3.05, 3.63) is 23.8 Å². The van der Waals surface area contributed by atoms with E-state index in [0.717, 1.165) is 12.7 Å². The van der Waals surface area contributed by atoms with Crippen LogP contribution in [-0.2, 0) is 4.79 Å². The fourth-order valence-electron chi connectivity index (χ4n) is 0.498. The first-order valence-electron chi connectivity index (χ1n) is 3.23. The minimum atomic E-state index is 0.391. The van der Waals surface area contributed by atoms with Crippen LogP contribution in [0.15, 0.2) is 23.8 Å². The van der Waals surface area contributed by atoms with Crippen molar-refractivity contribution in [3.63, 3.8) is 0 Å². The fourth-order valence-corrected chi connectivity index (χ4v) is 0.677. The number of hydrogen-bond acceptors (Lipinski definition) is 1. The highest BCUT2D eigenvalue weighted by Gasteiger charge is 1.84. The number of alkyl halides is 1. The molecule has 0 aromatic heterocycles. The largest absolute Gasteiger partial charge is 0.298 e. The standard InChI is InChI=1S/C8H11ClO/c1-2-3-4-8(7-10)5-6-9/h3-5,7H,2,6H2,1H3/b4-3-,8-5+. The van der Waals surface area contributed by atoms with Gasteiger partial charge in [-0.05, 0) is 6.42 Å². The lowest BCUT2D eigenvalue weighted by Crippen LogP contribution is -1.78. The van der Waals surface area contributed by atoms with Gasteiger partial charge in [0.2, 0.25) is 0 Å². The Labute approximate surface area is 66.4 Å². The van der Waals surface area contributed by atoms with Crippen LogP contribution in [0, 0.1) is 0 Å². The summed E-state index contributed by atoms with van der Waals surface area (Å²) in [6.07, 6.45) is 7.12. The first kappa shape index (κ1) is 9.44. The molecule has 0 radical (unpaired) electrons. The molecule has 0 aliphatic rings. The number of aldehydes is 1. The van der Waals surface area contributed by atoms with E-state index >= 15 is 0 Å². The van der Waals surface area contributed by atoms with Gasteiger partial charge >= 0.3 is 0 Å². The number of carbonyl (C=O) groups excluding carboxylic acids is 1. The molecular weight excluding hydrogens is 148 g/mol. The molecule has 0 aliphatic carbocycles. The molecule has 0 bridgehead atoms. The van der Waals surface area contributed by atoms with Crippen LogP contribution in [0.5, 0.6) is 0 Å². The molecule has 0 fully saturated rings. The number of rotatable bonds is 4. The van der Waals surface area contributed by atoms with Crippen molar-refractivity contribution in [2.45, 2.75) is 13.3 Å². The molecule has 0 N–H and O–H groups in total. The molecule has 1 nitrogen and oxygen atoms in total. The van der Waals surface area contributed by atoms with Gasteiger partial charge in [-0.2, -0.15) is 0 Å². The van der Waals surface area contributed by atoms with E-state index in [1.54, 1.807) is 12.2 Å². The lowest BCUT2D eigenvalue weighted by Gasteiger charge is -1.85. The highest BCUT2D eigenvalue weighted by Crippen LogP contribution is 1.94. The molecule has 10 heavy (non-hydrogen) atoms. The maximum absolute atomic E-state index is 10.2. The van der Waals surface area contributed by atoms with Crippen molar-refractivity contribution in [2.24, 2.45) is 0 Å². The number of hydrogen-bond donors (Lipinski definition) is 0. The van der Waals surface area contributed by atoms with Crippen LogP contribution < -0.4 is 0 Å². The van der Waals surface area contributed by atoms with Gasteiger partial charge in [-0.25, -0.2) is 0 Å². The van der Waals surface area contributed by atoms with Crippen molar-refractivity contribution in [2.75, 3.05) is 5.88 Å². The van der Waals surface area contributed by atoms with Crippen LogP contribution in [0.1, 0.15) is 13.3 Å². The lowest BCUT2D eigenvalue weighted by molar-refractivity contribution is -0.104. The van der Waals surface area contributed by atoms with E-state index in [1.807, 2.05) is 13.0 Å². The summed E-state index contributed by atoms with van der Waals surface area (Å²) in [7, 11) is 0. The topological polar surface area (TPSA) is 17.1 Å². The normalized spacial score (nSPS) is 12.4. The van der Waals surface area contributed by atoms with E-state index in [9.17, 15) is 4.79 Å². The zero-order valence-electron chi connectivity index (χ0n) is 6.01. The van der Waals surface area contributed by atoms with E-state index in [1.165, 1.54) is 0 Å². The summed E-state index contributed by atoms with van der Waals surface area (Å²) >= 11 is 5.38. The van der Waals surface area contributed by atoms with Crippen LogP contribution in [0.4, 0.5) is 0 Å². The minimum absolute atomic E-state index is 0.391. The van der Waals surface area contributed by atoms with Crippen LogP contribution in [0.25, 0.3) is 0 Å². The quantitative estimate of drug-likeness (QED) is 0.266. The molecule has 0 saturated heterocycles. The first-order chi connectivity index (χ1) is 4.85. The zero-order chi connectivity index (χ0) is 7.82. The maximum atomic E-state index is 10.2. The Morgan fingerprint density at radius 1 is 1.60 bits per heavy atom. The predicted molar refractivity (Wildman–Crippen MR) is 44.3 cm³/mol. The van der Waals surface area contributed by atoms with Gasteiger partial charge in [-0.3, -0.25) is 4.79 Å². The summed E-state index contributed by atoms with van der Waals surface area (Å²) < 4.78 is 0. The van der Waals surface area contributed by atoms with Crippen molar-refractivity contribution in [1.82, 2.24) is 0 Å². The van der Waals surface area contributed by atoms with Crippen molar-refractivity contribution >= 4 is 17.9 Å². The molecule has 0 rings (SSSR count). The molecule has 0 aromatic carbocycles. The molecule has 56 valence electrons. The van der Waals surface area contributed by atoms with Crippen LogP contribution >= 0.6 is 11.6 Å². The molecule has 0 unspecified atom stereocenters. The number of allylic oxidation sites excluding steroid dienone is 4. The SMILES string of the molecule is CC/C=C\C(C=O)=C/CCl. The van der Waals surface area contributed by atoms with Crippen LogP contribution in [0.2, 0.25) is 0 Å². The molecular formula is C8H11ClO. The van der Waals surface area contributed by atoms with Crippen molar-refractivity contribution in [1.29, 1.82) is 0 Å². The number of halogens is 1. The second kappa shape index (κ2) is 6.56. The Morgan fingerprint density at radius 3 is 2.70 bits per heavy atom. The summed E-state index contributed by atoms with van der Waals surface area (Å²) in [6, 6.07) is 0. The molecule has 0 aromatic rings. The highest BCUT2D eigenvalue weighted by atomic mass is 35.5. The minimum Gasteiger partial charge on any atom is -0.298 e. The third kappa shape index (κ3) is 4.33. The Balaban J connectivity index is 3.94. The van der Waals surface area contributed by atoms with Gasteiger partial charge in [-0.15, -0.1) is 11.6 Å². The van der Waals surface area contributed by atoms with Gasteiger partial charge in [0.15, 0.2) is 0 Å². The first-order valence-corrected chi connectivity index (χ1v) is 3.76. The van der Waals surface area contributed by atoms with Gasteiger partial charge in [-0.1, -0.05) is 25.2 Å². The molecule has 0 atom stereocenters. The second-order valence-electron chi connectivity index (χ2n) is 1.79. The molecule has 2 heteroatoms. The van der Waals surface area contributed by atoms with E-state index in [4.69, 9.17) is 11.6 Å². The summed E-state index contributed by atoms with van der Waals surface area (Å²) in [4.78, 5) is 10.2.